The second-order valence-electron chi connectivity index (χ2n) is 5.89. The summed E-state index contributed by atoms with van der Waals surface area (Å²) in [6, 6.07) is 17.8. The molecule has 2 nitrogen and oxygen atoms in total. The molecule has 0 atom stereocenters. The van der Waals surface area contributed by atoms with Crippen LogP contribution in [0.4, 0.5) is 0 Å². The van der Waals surface area contributed by atoms with Gasteiger partial charge in [-0.05, 0) is 77.8 Å². The summed E-state index contributed by atoms with van der Waals surface area (Å²) in [5.74, 6) is 0. The summed E-state index contributed by atoms with van der Waals surface area (Å²) in [6.45, 7) is 4.11. The molecule has 0 aliphatic carbocycles. The lowest BCUT2D eigenvalue weighted by molar-refractivity contribution is 0.961. The Morgan fingerprint density at radius 2 is 1.77 bits per heavy atom. The largest absolute Gasteiger partial charge is 0.317 e. The number of benzene rings is 2. The van der Waals surface area contributed by atoms with Gasteiger partial charge in [-0.15, -0.1) is 0 Å². The van der Waals surface area contributed by atoms with Gasteiger partial charge in [0.25, 0.3) is 0 Å². The molecular formula is C21H15Br2ClN2. The van der Waals surface area contributed by atoms with Gasteiger partial charge in [-0.25, -0.2) is 0 Å². The molecule has 0 saturated carbocycles. The number of rotatable bonds is 3. The van der Waals surface area contributed by atoms with Crippen LogP contribution in [0.3, 0.4) is 0 Å². The minimum atomic E-state index is 0.573. The highest BCUT2D eigenvalue weighted by Gasteiger charge is 2.16. The van der Waals surface area contributed by atoms with Crippen molar-refractivity contribution in [3.8, 4) is 11.8 Å². The molecule has 1 heterocycles. The van der Waals surface area contributed by atoms with Gasteiger partial charge in [0.05, 0.1) is 11.6 Å². The average Bonchev–Trinajstić information content (AvgIpc) is 2.83. The SMILES string of the molecule is Cc1c(Br)c(/C=C(/C#N)c2cccc(Cl)c2)c(C)n1-c1ccc(Br)cc1. The Morgan fingerprint density at radius 1 is 1.08 bits per heavy atom. The maximum atomic E-state index is 9.65. The molecule has 3 aromatic rings. The van der Waals surface area contributed by atoms with Gasteiger partial charge in [0.2, 0.25) is 0 Å². The fraction of sp³-hybridized carbons (Fsp3) is 0.0952. The molecule has 5 heteroatoms. The number of nitriles is 1. The molecule has 0 aliphatic heterocycles. The molecule has 0 radical (unpaired) electrons. The average molecular weight is 491 g/mol. The number of hydrogen-bond acceptors (Lipinski definition) is 1. The maximum Gasteiger partial charge on any atom is 0.0998 e. The Bertz CT molecular complexity index is 1040. The standard InChI is InChI=1S/C21H15Br2ClN2/c1-13-20(11-16(12-25)15-4-3-5-18(24)10-15)21(23)14(2)26(13)19-8-6-17(22)7-9-19/h3-11H,1-2H3/b16-11-. The Labute approximate surface area is 175 Å². The first-order chi connectivity index (χ1) is 12.4. The van der Waals surface area contributed by atoms with E-state index >= 15 is 0 Å². The van der Waals surface area contributed by atoms with E-state index in [0.717, 1.165) is 37.1 Å². The first kappa shape index (κ1) is 19.0. The molecule has 0 fully saturated rings. The fourth-order valence-corrected chi connectivity index (χ4v) is 3.98. The van der Waals surface area contributed by atoms with Gasteiger partial charge in [-0.2, -0.15) is 5.26 Å². The lowest BCUT2D eigenvalue weighted by Gasteiger charge is -2.09. The van der Waals surface area contributed by atoms with Crippen molar-refractivity contribution in [2.45, 2.75) is 13.8 Å². The molecule has 0 bridgehead atoms. The lowest BCUT2D eigenvalue weighted by Crippen LogP contribution is -1.98. The monoisotopic (exact) mass is 488 g/mol. The highest BCUT2D eigenvalue weighted by molar-refractivity contribution is 9.10. The Hall–Kier alpha value is -1.80. The van der Waals surface area contributed by atoms with Crippen molar-refractivity contribution >= 4 is 55.1 Å². The van der Waals surface area contributed by atoms with Crippen LogP contribution in [0.25, 0.3) is 17.3 Å². The number of aromatic nitrogens is 1. The molecule has 0 saturated heterocycles. The minimum absolute atomic E-state index is 0.573. The third-order valence-corrected chi connectivity index (χ3v) is 6.01. The molecular weight excluding hydrogens is 476 g/mol. The topological polar surface area (TPSA) is 28.7 Å². The van der Waals surface area contributed by atoms with Gasteiger partial charge < -0.3 is 4.57 Å². The lowest BCUT2D eigenvalue weighted by atomic mass is 10.0. The predicted molar refractivity (Wildman–Crippen MR) is 116 cm³/mol. The molecule has 0 N–H and O–H groups in total. The number of hydrogen-bond donors (Lipinski definition) is 0. The van der Waals surface area contributed by atoms with Gasteiger partial charge in [0.1, 0.15) is 0 Å². The van der Waals surface area contributed by atoms with E-state index < -0.39 is 0 Å². The van der Waals surface area contributed by atoms with Crippen molar-refractivity contribution in [1.29, 1.82) is 5.26 Å². The second kappa shape index (κ2) is 7.84. The number of nitrogens with zero attached hydrogens (tertiary/aromatic N) is 2. The van der Waals surface area contributed by atoms with E-state index in [1.807, 2.05) is 30.3 Å². The quantitative estimate of drug-likeness (QED) is 0.353. The second-order valence-corrected chi connectivity index (χ2v) is 8.04. The van der Waals surface area contributed by atoms with Crippen LogP contribution < -0.4 is 0 Å². The van der Waals surface area contributed by atoms with Crippen molar-refractivity contribution < 1.29 is 0 Å². The van der Waals surface area contributed by atoms with E-state index in [4.69, 9.17) is 11.6 Å². The van der Waals surface area contributed by atoms with E-state index in [0.29, 0.717) is 10.6 Å². The normalized spacial score (nSPS) is 11.5. The van der Waals surface area contributed by atoms with Crippen molar-refractivity contribution in [2.75, 3.05) is 0 Å². The van der Waals surface area contributed by atoms with Crippen LogP contribution >= 0.6 is 43.5 Å². The third-order valence-electron chi connectivity index (χ3n) is 4.24. The zero-order chi connectivity index (χ0) is 18.8. The predicted octanol–water partition coefficient (Wildman–Crippen LogP) is 7.34. The van der Waals surface area contributed by atoms with Gasteiger partial charge in [0, 0.05) is 36.6 Å². The van der Waals surface area contributed by atoms with E-state index in [9.17, 15) is 5.26 Å². The highest BCUT2D eigenvalue weighted by Crippen LogP contribution is 2.34. The molecule has 0 aliphatic rings. The summed E-state index contributed by atoms with van der Waals surface area (Å²) in [6.07, 6.45) is 1.91. The number of halogens is 3. The molecule has 0 unspecified atom stereocenters. The fourth-order valence-electron chi connectivity index (χ4n) is 2.95. The maximum absolute atomic E-state index is 9.65. The van der Waals surface area contributed by atoms with Gasteiger partial charge in [0.15, 0.2) is 0 Å². The summed E-state index contributed by atoms with van der Waals surface area (Å²) in [5.41, 5.74) is 5.59. The smallest absolute Gasteiger partial charge is 0.0998 e. The van der Waals surface area contributed by atoms with E-state index in [-0.39, 0.29) is 0 Å². The molecule has 3 rings (SSSR count). The van der Waals surface area contributed by atoms with Crippen LogP contribution in [0.5, 0.6) is 0 Å². The van der Waals surface area contributed by atoms with Crippen LogP contribution in [0.15, 0.2) is 57.5 Å². The molecule has 0 spiro atoms. The van der Waals surface area contributed by atoms with Gasteiger partial charge >= 0.3 is 0 Å². The summed E-state index contributed by atoms with van der Waals surface area (Å²) in [5, 5.41) is 10.3. The van der Waals surface area contributed by atoms with Crippen LogP contribution in [0.2, 0.25) is 5.02 Å². The number of allylic oxidation sites excluding steroid dienone is 1. The van der Waals surface area contributed by atoms with Crippen LogP contribution in [0.1, 0.15) is 22.5 Å². The zero-order valence-corrected chi connectivity index (χ0v) is 18.2. The Balaban J connectivity index is 2.16. The summed E-state index contributed by atoms with van der Waals surface area (Å²) in [4.78, 5) is 0. The van der Waals surface area contributed by atoms with E-state index in [1.165, 1.54) is 0 Å². The summed E-state index contributed by atoms with van der Waals surface area (Å²) < 4.78 is 4.19. The van der Waals surface area contributed by atoms with Crippen molar-refractivity contribution in [1.82, 2.24) is 4.57 Å². The van der Waals surface area contributed by atoms with Crippen LogP contribution in [-0.4, -0.2) is 4.57 Å². The minimum Gasteiger partial charge on any atom is -0.317 e. The molecule has 0 amide bonds. The van der Waals surface area contributed by atoms with Crippen molar-refractivity contribution in [3.63, 3.8) is 0 Å². The van der Waals surface area contributed by atoms with Gasteiger partial charge in [-0.1, -0.05) is 39.7 Å². The first-order valence-electron chi connectivity index (χ1n) is 7.93. The zero-order valence-electron chi connectivity index (χ0n) is 14.2. The van der Waals surface area contributed by atoms with Crippen LogP contribution in [0, 0.1) is 25.2 Å². The molecule has 1 aromatic heterocycles. The van der Waals surface area contributed by atoms with Gasteiger partial charge in [-0.3, -0.25) is 0 Å². The highest BCUT2D eigenvalue weighted by atomic mass is 79.9. The Kier molecular flexibility index (Phi) is 5.72. The van der Waals surface area contributed by atoms with Crippen molar-refractivity contribution in [2.24, 2.45) is 0 Å². The first-order valence-corrected chi connectivity index (χ1v) is 9.90. The Morgan fingerprint density at radius 3 is 2.38 bits per heavy atom. The van der Waals surface area contributed by atoms with E-state index in [2.05, 4.69) is 68.5 Å². The molecule has 130 valence electrons. The summed E-state index contributed by atoms with van der Waals surface area (Å²) >= 11 is 13.3. The van der Waals surface area contributed by atoms with Crippen LogP contribution in [-0.2, 0) is 0 Å². The molecule has 26 heavy (non-hydrogen) atoms. The summed E-state index contributed by atoms with van der Waals surface area (Å²) in [7, 11) is 0. The molecule has 2 aromatic carbocycles. The van der Waals surface area contributed by atoms with E-state index in [1.54, 1.807) is 12.1 Å². The van der Waals surface area contributed by atoms with Crippen molar-refractivity contribution in [3.05, 3.63) is 85.0 Å². The third kappa shape index (κ3) is 3.66.